The molecule has 62 valence electrons. The third-order valence-corrected chi connectivity index (χ3v) is 1.99. The van der Waals surface area contributed by atoms with Crippen molar-refractivity contribution in [3.63, 3.8) is 0 Å². The van der Waals surface area contributed by atoms with Gasteiger partial charge in [0.05, 0.1) is 0 Å². The van der Waals surface area contributed by atoms with Crippen molar-refractivity contribution in [2.24, 2.45) is 5.92 Å². The summed E-state index contributed by atoms with van der Waals surface area (Å²) in [4.78, 5) is 20.6. The van der Waals surface area contributed by atoms with E-state index in [-0.39, 0.29) is 23.2 Å². The Bertz CT molecular complexity index is 177. The topological polar surface area (TPSA) is 60.2 Å². The van der Waals surface area contributed by atoms with Crippen LogP contribution in [0.25, 0.3) is 0 Å². The maximum Gasteiger partial charge on any atom is 0.207 e. The molecule has 1 rings (SSSR count). The molecule has 0 aromatic heterocycles. The van der Waals surface area contributed by atoms with Gasteiger partial charge in [-0.2, -0.15) is 0 Å². The fourth-order valence-electron chi connectivity index (χ4n) is 1.48. The molecule has 0 spiro atoms. The molecule has 4 heteroatoms. The number of ketones is 1. The summed E-state index contributed by atoms with van der Waals surface area (Å²) in [5.41, 5.74) is 0. The summed E-state index contributed by atoms with van der Waals surface area (Å²) in [6.45, 7) is -0.0360. The molecule has 4 nitrogen and oxygen atoms in total. The Morgan fingerprint density at radius 3 is 2.91 bits per heavy atom. The number of hydrogen-bond donors (Lipinski definition) is 0. The molecular formula is C7H11NO3. The summed E-state index contributed by atoms with van der Waals surface area (Å²) in [6.07, 6.45) is 2.71. The van der Waals surface area contributed by atoms with Crippen LogP contribution in [-0.4, -0.2) is 17.3 Å². The van der Waals surface area contributed by atoms with Crippen LogP contribution in [0.15, 0.2) is 0 Å². The molecule has 11 heavy (non-hydrogen) atoms. The van der Waals surface area contributed by atoms with E-state index in [1.54, 1.807) is 0 Å². The van der Waals surface area contributed by atoms with E-state index >= 15 is 0 Å². The Labute approximate surface area is 64.7 Å². The number of carbonyl (C=O) groups excluding carboxylic acids is 1. The van der Waals surface area contributed by atoms with E-state index in [1.807, 2.05) is 0 Å². The van der Waals surface area contributed by atoms with E-state index in [0.717, 1.165) is 12.8 Å². The lowest BCUT2D eigenvalue weighted by molar-refractivity contribution is -0.488. The molecule has 1 fully saturated rings. The molecule has 0 amide bonds. The minimum Gasteiger partial charge on any atom is -0.300 e. The van der Waals surface area contributed by atoms with Crippen LogP contribution in [0.1, 0.15) is 25.7 Å². The highest BCUT2D eigenvalue weighted by Crippen LogP contribution is 2.20. The van der Waals surface area contributed by atoms with Gasteiger partial charge in [-0.3, -0.25) is 14.9 Å². The molecule has 1 aliphatic carbocycles. The highest BCUT2D eigenvalue weighted by atomic mass is 16.6. The largest absolute Gasteiger partial charge is 0.300 e. The van der Waals surface area contributed by atoms with Gasteiger partial charge in [0.25, 0.3) is 0 Å². The summed E-state index contributed by atoms with van der Waals surface area (Å²) in [5, 5.41) is 10.1. The van der Waals surface area contributed by atoms with Crippen LogP contribution in [0.3, 0.4) is 0 Å². The van der Waals surface area contributed by atoms with E-state index in [0.29, 0.717) is 12.8 Å². The smallest absolute Gasteiger partial charge is 0.207 e. The fraction of sp³-hybridized carbons (Fsp3) is 0.857. The zero-order valence-electron chi connectivity index (χ0n) is 6.28. The number of carbonyl (C=O) groups is 1. The van der Waals surface area contributed by atoms with Crippen molar-refractivity contribution in [3.05, 3.63) is 10.1 Å². The highest BCUT2D eigenvalue weighted by molar-refractivity contribution is 5.79. The molecule has 0 N–H and O–H groups in total. The standard InChI is InChI=1S/C7H11NO3/c9-7-3-1-2-6(4-7)5-8(10)11/h6H,1-5H2. The number of rotatable bonds is 2. The van der Waals surface area contributed by atoms with E-state index < -0.39 is 0 Å². The Morgan fingerprint density at radius 2 is 2.36 bits per heavy atom. The predicted octanol–water partition coefficient (Wildman–Crippen LogP) is 1.02. The summed E-state index contributed by atoms with van der Waals surface area (Å²) in [7, 11) is 0. The summed E-state index contributed by atoms with van der Waals surface area (Å²) >= 11 is 0. The Balaban J connectivity index is 2.34. The number of nitro groups is 1. The Kier molecular flexibility index (Phi) is 2.57. The maximum atomic E-state index is 10.8. The van der Waals surface area contributed by atoms with E-state index in [2.05, 4.69) is 0 Å². The van der Waals surface area contributed by atoms with Gasteiger partial charge in [0, 0.05) is 23.7 Å². The van der Waals surface area contributed by atoms with Crippen molar-refractivity contribution in [2.45, 2.75) is 25.7 Å². The van der Waals surface area contributed by atoms with E-state index in [1.165, 1.54) is 0 Å². The first-order valence-electron chi connectivity index (χ1n) is 3.82. The molecule has 1 unspecified atom stereocenters. The molecule has 0 aromatic rings. The van der Waals surface area contributed by atoms with Crippen LogP contribution in [0.5, 0.6) is 0 Å². The molecule has 0 saturated heterocycles. The second-order valence-corrected chi connectivity index (χ2v) is 3.02. The van der Waals surface area contributed by atoms with Crippen molar-refractivity contribution >= 4 is 5.78 Å². The Hall–Kier alpha value is -0.930. The van der Waals surface area contributed by atoms with Crippen LogP contribution in [0.4, 0.5) is 0 Å². The lowest BCUT2D eigenvalue weighted by atomic mass is 9.88. The van der Waals surface area contributed by atoms with Crippen molar-refractivity contribution < 1.29 is 9.72 Å². The van der Waals surface area contributed by atoms with E-state index in [4.69, 9.17) is 0 Å². The van der Waals surface area contributed by atoms with E-state index in [9.17, 15) is 14.9 Å². The van der Waals surface area contributed by atoms with Crippen molar-refractivity contribution in [2.75, 3.05) is 6.54 Å². The van der Waals surface area contributed by atoms with Gasteiger partial charge < -0.3 is 0 Å². The average Bonchev–Trinajstić information content (AvgIpc) is 1.85. The lowest BCUT2D eigenvalue weighted by Crippen LogP contribution is -2.21. The first-order valence-corrected chi connectivity index (χ1v) is 3.82. The van der Waals surface area contributed by atoms with Gasteiger partial charge >= 0.3 is 0 Å². The molecule has 1 atom stereocenters. The molecule has 0 radical (unpaired) electrons. The average molecular weight is 157 g/mol. The highest BCUT2D eigenvalue weighted by Gasteiger charge is 2.23. The van der Waals surface area contributed by atoms with Crippen LogP contribution < -0.4 is 0 Å². The second kappa shape index (κ2) is 3.46. The predicted molar refractivity (Wildman–Crippen MR) is 38.8 cm³/mol. The van der Waals surface area contributed by atoms with Crippen LogP contribution in [0.2, 0.25) is 0 Å². The first kappa shape index (κ1) is 8.17. The van der Waals surface area contributed by atoms with Gasteiger partial charge in [0.15, 0.2) is 0 Å². The zero-order chi connectivity index (χ0) is 8.27. The molecule has 0 aromatic carbocycles. The minimum atomic E-state index is -0.330. The third-order valence-electron chi connectivity index (χ3n) is 1.99. The van der Waals surface area contributed by atoms with Gasteiger partial charge in [-0.05, 0) is 12.8 Å². The van der Waals surface area contributed by atoms with Crippen molar-refractivity contribution in [1.29, 1.82) is 0 Å². The number of Topliss-reactive ketones (excluding diaryl/α,β-unsaturated/α-hetero) is 1. The quantitative estimate of drug-likeness (QED) is 0.444. The fourth-order valence-corrected chi connectivity index (χ4v) is 1.48. The third kappa shape index (κ3) is 2.65. The summed E-state index contributed by atoms with van der Waals surface area (Å²) in [5.74, 6) is 0.189. The molecule has 0 heterocycles. The first-order chi connectivity index (χ1) is 5.18. The Morgan fingerprint density at radius 1 is 1.64 bits per heavy atom. The van der Waals surface area contributed by atoms with Gasteiger partial charge in [-0.1, -0.05) is 0 Å². The summed E-state index contributed by atoms with van der Waals surface area (Å²) in [6, 6.07) is 0. The van der Waals surface area contributed by atoms with Gasteiger partial charge in [0.2, 0.25) is 6.54 Å². The zero-order valence-corrected chi connectivity index (χ0v) is 6.28. The normalized spacial score (nSPS) is 25.1. The monoisotopic (exact) mass is 157 g/mol. The van der Waals surface area contributed by atoms with Gasteiger partial charge in [-0.15, -0.1) is 0 Å². The number of hydrogen-bond acceptors (Lipinski definition) is 3. The van der Waals surface area contributed by atoms with Gasteiger partial charge in [-0.25, -0.2) is 0 Å². The lowest BCUT2D eigenvalue weighted by Gasteiger charge is -2.16. The van der Waals surface area contributed by atoms with Crippen LogP contribution in [0, 0.1) is 16.0 Å². The molecular weight excluding hydrogens is 146 g/mol. The van der Waals surface area contributed by atoms with Crippen LogP contribution >= 0.6 is 0 Å². The molecule has 0 bridgehead atoms. The van der Waals surface area contributed by atoms with Crippen LogP contribution in [-0.2, 0) is 4.79 Å². The van der Waals surface area contributed by atoms with Crippen molar-refractivity contribution in [3.8, 4) is 0 Å². The molecule has 0 aliphatic heterocycles. The second-order valence-electron chi connectivity index (χ2n) is 3.02. The van der Waals surface area contributed by atoms with Gasteiger partial charge in [0.1, 0.15) is 5.78 Å². The summed E-state index contributed by atoms with van der Waals surface area (Å²) < 4.78 is 0. The molecule has 1 saturated carbocycles. The maximum absolute atomic E-state index is 10.8. The molecule has 1 aliphatic rings. The van der Waals surface area contributed by atoms with Crippen molar-refractivity contribution in [1.82, 2.24) is 0 Å². The minimum absolute atomic E-state index is 0.00579. The number of nitrogens with zero attached hydrogens (tertiary/aromatic N) is 1. The SMILES string of the molecule is O=C1CCCC(C[N+](=O)[O-])C1.